The molecule has 2 aromatic rings. The second kappa shape index (κ2) is 9.78. The Hall–Kier alpha value is -3.27. The van der Waals surface area contributed by atoms with Gasteiger partial charge in [-0.1, -0.05) is 12.1 Å². The largest absolute Gasteiger partial charge is 0.492 e. The smallest absolute Gasteiger partial charge is 0.411 e. The van der Waals surface area contributed by atoms with Crippen molar-refractivity contribution >= 4 is 33.5 Å². The van der Waals surface area contributed by atoms with E-state index in [0.29, 0.717) is 6.61 Å². The van der Waals surface area contributed by atoms with E-state index in [1.165, 1.54) is 37.4 Å². The van der Waals surface area contributed by atoms with Crippen molar-refractivity contribution in [3.05, 3.63) is 48.0 Å². The molecule has 0 fully saturated rings. The number of benzene rings is 2. The molecule has 1 amide bonds. The van der Waals surface area contributed by atoms with Gasteiger partial charge in [0.2, 0.25) is 0 Å². The molecule has 156 valence electrons. The van der Waals surface area contributed by atoms with Crippen LogP contribution in [0.3, 0.4) is 0 Å². The molecule has 0 unspecified atom stereocenters. The summed E-state index contributed by atoms with van der Waals surface area (Å²) in [6, 6.07) is 10.0. The third-order valence-electron chi connectivity index (χ3n) is 3.65. The fourth-order valence-electron chi connectivity index (χ4n) is 2.40. The lowest BCUT2D eigenvalue weighted by Crippen LogP contribution is -2.18. The summed E-state index contributed by atoms with van der Waals surface area (Å²) < 4.78 is 43.0. The molecule has 9 nitrogen and oxygen atoms in total. The number of carbonyl (C=O) groups is 2. The van der Waals surface area contributed by atoms with Gasteiger partial charge in [-0.15, -0.1) is 0 Å². The second-order valence-corrected chi connectivity index (χ2v) is 7.26. The summed E-state index contributed by atoms with van der Waals surface area (Å²) in [5.74, 6) is -0.394. The fourth-order valence-corrected chi connectivity index (χ4v) is 3.50. The minimum Gasteiger partial charge on any atom is -0.492 e. The summed E-state index contributed by atoms with van der Waals surface area (Å²) in [7, 11) is -2.88. The van der Waals surface area contributed by atoms with Gasteiger partial charge in [0.1, 0.15) is 5.75 Å². The number of rotatable bonds is 8. The first-order valence-electron chi connectivity index (χ1n) is 8.73. The Morgan fingerprint density at radius 2 is 1.72 bits per heavy atom. The van der Waals surface area contributed by atoms with Crippen molar-refractivity contribution in [3.63, 3.8) is 0 Å². The Morgan fingerprint density at radius 3 is 2.38 bits per heavy atom. The molecule has 0 saturated heterocycles. The van der Waals surface area contributed by atoms with Crippen LogP contribution in [0.1, 0.15) is 24.2 Å². The number of carbonyl (C=O) groups excluding carboxylic acids is 2. The number of amides is 1. The lowest BCUT2D eigenvalue weighted by Gasteiger charge is -2.15. The standard InChI is InChI=1S/C19H22N2O7S/c1-4-27-17-11-10-13(12-16(17)20-19(23)28-5-2)29(24,25)21-15-9-7-6-8-14(15)18(22)26-3/h6-12,21H,4-5H2,1-3H3,(H,20,23). The van der Waals surface area contributed by atoms with Gasteiger partial charge in [0.25, 0.3) is 10.0 Å². The number of hydrogen-bond acceptors (Lipinski definition) is 7. The van der Waals surface area contributed by atoms with Crippen LogP contribution in [0.4, 0.5) is 16.2 Å². The van der Waals surface area contributed by atoms with Gasteiger partial charge in [-0.25, -0.2) is 18.0 Å². The van der Waals surface area contributed by atoms with Crippen LogP contribution in [0.25, 0.3) is 0 Å². The van der Waals surface area contributed by atoms with Crippen LogP contribution in [-0.2, 0) is 19.5 Å². The van der Waals surface area contributed by atoms with Crippen molar-refractivity contribution in [2.24, 2.45) is 0 Å². The van der Waals surface area contributed by atoms with Crippen LogP contribution in [0.2, 0.25) is 0 Å². The number of hydrogen-bond donors (Lipinski definition) is 2. The van der Waals surface area contributed by atoms with Gasteiger partial charge in [-0.2, -0.15) is 0 Å². The highest BCUT2D eigenvalue weighted by molar-refractivity contribution is 7.92. The van der Waals surface area contributed by atoms with Gasteiger partial charge in [0.15, 0.2) is 0 Å². The van der Waals surface area contributed by atoms with E-state index in [-0.39, 0.29) is 34.2 Å². The highest BCUT2D eigenvalue weighted by atomic mass is 32.2. The van der Waals surface area contributed by atoms with Crippen molar-refractivity contribution in [3.8, 4) is 5.75 Å². The lowest BCUT2D eigenvalue weighted by atomic mass is 10.2. The van der Waals surface area contributed by atoms with Gasteiger partial charge >= 0.3 is 12.1 Å². The minimum atomic E-state index is -4.09. The van der Waals surface area contributed by atoms with E-state index < -0.39 is 22.1 Å². The number of nitrogens with one attached hydrogen (secondary N) is 2. The van der Waals surface area contributed by atoms with E-state index in [4.69, 9.17) is 9.47 Å². The monoisotopic (exact) mass is 422 g/mol. The maximum atomic E-state index is 12.8. The van der Waals surface area contributed by atoms with E-state index in [2.05, 4.69) is 14.8 Å². The average Bonchev–Trinajstić information content (AvgIpc) is 2.69. The molecular weight excluding hydrogens is 400 g/mol. The molecule has 0 atom stereocenters. The Labute approximate surface area is 169 Å². The van der Waals surface area contributed by atoms with Crippen molar-refractivity contribution in [2.75, 3.05) is 30.4 Å². The van der Waals surface area contributed by atoms with Crippen LogP contribution < -0.4 is 14.8 Å². The van der Waals surface area contributed by atoms with E-state index in [9.17, 15) is 18.0 Å². The Bertz CT molecular complexity index is 990. The second-order valence-electron chi connectivity index (χ2n) is 5.58. The number of para-hydroxylation sites is 1. The number of ether oxygens (including phenoxy) is 3. The van der Waals surface area contributed by atoms with Gasteiger partial charge in [0, 0.05) is 0 Å². The van der Waals surface area contributed by atoms with E-state index in [1.807, 2.05) is 0 Å². The fraction of sp³-hybridized carbons (Fsp3) is 0.263. The highest BCUT2D eigenvalue weighted by Crippen LogP contribution is 2.29. The SMILES string of the molecule is CCOC(=O)Nc1cc(S(=O)(=O)Nc2ccccc2C(=O)OC)ccc1OCC. The summed E-state index contributed by atoms with van der Waals surface area (Å²) in [6.45, 7) is 3.87. The quantitative estimate of drug-likeness (QED) is 0.627. The van der Waals surface area contributed by atoms with E-state index >= 15 is 0 Å². The van der Waals surface area contributed by atoms with E-state index in [1.54, 1.807) is 26.0 Å². The average molecular weight is 422 g/mol. The molecule has 2 N–H and O–H groups in total. The van der Waals surface area contributed by atoms with Crippen molar-refractivity contribution in [1.82, 2.24) is 0 Å². The lowest BCUT2D eigenvalue weighted by molar-refractivity contribution is 0.0602. The maximum absolute atomic E-state index is 12.8. The first-order valence-corrected chi connectivity index (χ1v) is 10.2. The van der Waals surface area contributed by atoms with Crippen LogP contribution in [0.5, 0.6) is 5.75 Å². The molecule has 0 spiro atoms. The molecule has 0 bridgehead atoms. The Kier molecular flexibility index (Phi) is 7.43. The summed E-state index contributed by atoms with van der Waals surface area (Å²) >= 11 is 0. The number of sulfonamides is 1. The van der Waals surface area contributed by atoms with Gasteiger partial charge in [0.05, 0.1) is 42.2 Å². The molecule has 2 rings (SSSR count). The molecule has 2 aromatic carbocycles. The number of esters is 1. The molecule has 0 radical (unpaired) electrons. The molecule has 0 aliphatic rings. The zero-order chi connectivity index (χ0) is 21.4. The zero-order valence-electron chi connectivity index (χ0n) is 16.2. The predicted octanol–water partition coefficient (Wildman–Crippen LogP) is 3.24. The highest BCUT2D eigenvalue weighted by Gasteiger charge is 2.21. The van der Waals surface area contributed by atoms with E-state index in [0.717, 1.165) is 0 Å². The summed E-state index contributed by atoms with van der Waals surface area (Å²) in [4.78, 5) is 23.5. The third-order valence-corrected chi connectivity index (χ3v) is 5.01. The third kappa shape index (κ3) is 5.61. The predicted molar refractivity (Wildman–Crippen MR) is 107 cm³/mol. The summed E-state index contributed by atoms with van der Waals surface area (Å²) in [5.41, 5.74) is 0.261. The van der Waals surface area contributed by atoms with Gasteiger partial charge in [-0.3, -0.25) is 10.0 Å². The first-order chi connectivity index (χ1) is 13.8. The summed E-state index contributed by atoms with van der Waals surface area (Å²) in [5, 5.41) is 2.46. The van der Waals surface area contributed by atoms with Crippen LogP contribution in [0.15, 0.2) is 47.4 Å². The van der Waals surface area contributed by atoms with Crippen LogP contribution in [-0.4, -0.2) is 40.8 Å². The van der Waals surface area contributed by atoms with Crippen molar-refractivity contribution in [2.45, 2.75) is 18.7 Å². The van der Waals surface area contributed by atoms with Crippen molar-refractivity contribution in [1.29, 1.82) is 0 Å². The molecule has 29 heavy (non-hydrogen) atoms. The Morgan fingerprint density at radius 1 is 1.00 bits per heavy atom. The molecule has 0 aliphatic carbocycles. The molecule has 0 saturated carbocycles. The zero-order valence-corrected chi connectivity index (χ0v) is 17.0. The molecule has 10 heteroatoms. The first kappa shape index (κ1) is 22.0. The summed E-state index contributed by atoms with van der Waals surface area (Å²) in [6.07, 6.45) is -0.744. The molecular formula is C19H22N2O7S. The normalized spacial score (nSPS) is 10.7. The number of methoxy groups -OCH3 is 1. The van der Waals surface area contributed by atoms with Crippen LogP contribution >= 0.6 is 0 Å². The molecule has 0 heterocycles. The topological polar surface area (TPSA) is 120 Å². The van der Waals surface area contributed by atoms with Crippen molar-refractivity contribution < 1.29 is 32.2 Å². The minimum absolute atomic E-state index is 0.0631. The van der Waals surface area contributed by atoms with Gasteiger partial charge in [-0.05, 0) is 44.2 Å². The molecule has 0 aromatic heterocycles. The van der Waals surface area contributed by atoms with Gasteiger partial charge < -0.3 is 14.2 Å². The Balaban J connectivity index is 2.40. The van der Waals surface area contributed by atoms with Crippen LogP contribution in [0, 0.1) is 0 Å². The number of anilines is 2. The molecule has 0 aliphatic heterocycles. The maximum Gasteiger partial charge on any atom is 0.411 e.